The summed E-state index contributed by atoms with van der Waals surface area (Å²) in [6.07, 6.45) is -4.78. The Morgan fingerprint density at radius 1 is 1.39 bits per heavy atom. The Balaban J connectivity index is 2.96. The number of hydrogen-bond acceptors (Lipinski definition) is 3. The smallest absolute Gasteiger partial charge is 0.419 e. The highest BCUT2D eigenvalue weighted by atomic mass is 19.4. The van der Waals surface area contributed by atoms with Gasteiger partial charge in [-0.2, -0.15) is 13.2 Å². The number of halogens is 4. The van der Waals surface area contributed by atoms with E-state index in [2.05, 4.69) is 10.1 Å². The van der Waals surface area contributed by atoms with E-state index < -0.39 is 29.6 Å². The summed E-state index contributed by atoms with van der Waals surface area (Å²) in [5.41, 5.74) is -1.40. The molecule has 0 heterocycles. The first-order chi connectivity index (χ1) is 8.25. The number of rotatable bonds is 3. The zero-order chi connectivity index (χ0) is 13.9. The molecule has 18 heavy (non-hydrogen) atoms. The predicted octanol–water partition coefficient (Wildman–Crippen LogP) is 2.82. The summed E-state index contributed by atoms with van der Waals surface area (Å²) in [5, 5.41) is 2.49. The maximum absolute atomic E-state index is 13.0. The van der Waals surface area contributed by atoms with E-state index in [9.17, 15) is 22.4 Å². The van der Waals surface area contributed by atoms with Crippen LogP contribution in [0.5, 0.6) is 0 Å². The first-order valence-electron chi connectivity index (χ1n) is 4.97. The molecule has 0 spiro atoms. The van der Waals surface area contributed by atoms with E-state index in [0.717, 1.165) is 13.2 Å². The Morgan fingerprint density at radius 3 is 2.50 bits per heavy atom. The lowest BCUT2D eigenvalue weighted by Crippen LogP contribution is -2.27. The molecule has 0 radical (unpaired) electrons. The average Bonchev–Trinajstić information content (AvgIpc) is 2.29. The molecule has 1 N–H and O–H groups in total. The monoisotopic (exact) mass is 265 g/mol. The van der Waals surface area contributed by atoms with Crippen LogP contribution in [-0.2, 0) is 15.7 Å². The summed E-state index contributed by atoms with van der Waals surface area (Å²) in [6.45, 7) is 1.42. The minimum Gasteiger partial charge on any atom is -0.467 e. The fraction of sp³-hybridized carbons (Fsp3) is 0.364. The Bertz CT molecular complexity index is 445. The first-order valence-corrected chi connectivity index (χ1v) is 4.97. The number of benzene rings is 1. The molecular weight excluding hydrogens is 254 g/mol. The van der Waals surface area contributed by atoms with Crippen LogP contribution in [0.1, 0.15) is 12.5 Å². The molecule has 1 rings (SSSR count). The van der Waals surface area contributed by atoms with Crippen molar-refractivity contribution in [1.82, 2.24) is 0 Å². The van der Waals surface area contributed by atoms with Crippen molar-refractivity contribution in [3.63, 3.8) is 0 Å². The number of hydrogen-bond donors (Lipinski definition) is 1. The van der Waals surface area contributed by atoms with Crippen molar-refractivity contribution in [1.29, 1.82) is 0 Å². The zero-order valence-corrected chi connectivity index (χ0v) is 9.64. The number of carbonyl (C=O) groups is 1. The fourth-order valence-electron chi connectivity index (χ4n) is 1.32. The van der Waals surface area contributed by atoms with Crippen molar-refractivity contribution in [2.45, 2.75) is 19.1 Å². The molecule has 7 heteroatoms. The predicted molar refractivity (Wildman–Crippen MR) is 56.5 cm³/mol. The number of ether oxygens (including phenoxy) is 1. The second-order valence-electron chi connectivity index (χ2n) is 3.58. The molecule has 3 nitrogen and oxygen atoms in total. The van der Waals surface area contributed by atoms with Gasteiger partial charge in [-0.15, -0.1) is 0 Å². The van der Waals surface area contributed by atoms with Crippen molar-refractivity contribution in [2.24, 2.45) is 0 Å². The molecule has 0 amide bonds. The molecule has 1 unspecified atom stereocenters. The van der Waals surface area contributed by atoms with E-state index in [-0.39, 0.29) is 5.69 Å². The van der Waals surface area contributed by atoms with Gasteiger partial charge in [0, 0.05) is 5.69 Å². The van der Waals surface area contributed by atoms with Crippen molar-refractivity contribution in [3.05, 3.63) is 29.6 Å². The average molecular weight is 265 g/mol. The van der Waals surface area contributed by atoms with Gasteiger partial charge < -0.3 is 10.1 Å². The molecule has 1 atom stereocenters. The Labute approximate surface area is 101 Å². The third-order valence-electron chi connectivity index (χ3n) is 2.21. The SMILES string of the molecule is COC(=O)C(C)Nc1ccc(F)c(C(F)(F)F)c1. The number of anilines is 1. The number of esters is 1. The van der Waals surface area contributed by atoms with Crippen molar-refractivity contribution >= 4 is 11.7 Å². The van der Waals surface area contributed by atoms with Crippen LogP contribution in [0.4, 0.5) is 23.2 Å². The van der Waals surface area contributed by atoms with Gasteiger partial charge in [-0.05, 0) is 25.1 Å². The third kappa shape index (κ3) is 3.35. The van der Waals surface area contributed by atoms with Crippen LogP contribution in [-0.4, -0.2) is 19.1 Å². The highest BCUT2D eigenvalue weighted by Gasteiger charge is 2.34. The van der Waals surface area contributed by atoms with Gasteiger partial charge in [0.05, 0.1) is 12.7 Å². The second-order valence-corrected chi connectivity index (χ2v) is 3.58. The van der Waals surface area contributed by atoms with E-state index in [4.69, 9.17) is 0 Å². The highest BCUT2D eigenvalue weighted by molar-refractivity contribution is 5.78. The summed E-state index contributed by atoms with van der Waals surface area (Å²) >= 11 is 0. The molecule has 0 aliphatic rings. The second kappa shape index (κ2) is 5.24. The molecule has 0 aromatic heterocycles. The Morgan fingerprint density at radius 2 is 2.00 bits per heavy atom. The quantitative estimate of drug-likeness (QED) is 0.674. The molecular formula is C11H11F4NO2. The van der Waals surface area contributed by atoms with E-state index in [1.165, 1.54) is 6.92 Å². The van der Waals surface area contributed by atoms with Gasteiger partial charge in [-0.25, -0.2) is 9.18 Å². The van der Waals surface area contributed by atoms with Crippen LogP contribution >= 0.6 is 0 Å². The first kappa shape index (κ1) is 14.3. The topological polar surface area (TPSA) is 38.3 Å². The Hall–Kier alpha value is -1.79. The van der Waals surface area contributed by atoms with Gasteiger partial charge in [0.2, 0.25) is 0 Å². The van der Waals surface area contributed by atoms with E-state index in [1.54, 1.807) is 0 Å². The van der Waals surface area contributed by atoms with Gasteiger partial charge >= 0.3 is 12.1 Å². The van der Waals surface area contributed by atoms with Crippen LogP contribution in [0.2, 0.25) is 0 Å². The molecule has 100 valence electrons. The number of alkyl halides is 3. The molecule has 0 aliphatic heterocycles. The molecule has 0 saturated heterocycles. The summed E-state index contributed by atoms with van der Waals surface area (Å²) in [4.78, 5) is 11.1. The molecule has 1 aromatic carbocycles. The minimum atomic E-state index is -4.78. The number of carbonyl (C=O) groups excluding carboxylic acids is 1. The number of methoxy groups -OCH3 is 1. The largest absolute Gasteiger partial charge is 0.467 e. The van der Waals surface area contributed by atoms with E-state index >= 15 is 0 Å². The molecule has 0 bridgehead atoms. The maximum Gasteiger partial charge on any atom is 0.419 e. The molecule has 1 aromatic rings. The van der Waals surface area contributed by atoms with Crippen LogP contribution in [0.15, 0.2) is 18.2 Å². The molecule has 0 aliphatic carbocycles. The summed E-state index contributed by atoms with van der Waals surface area (Å²) in [7, 11) is 1.16. The lowest BCUT2D eigenvalue weighted by atomic mass is 10.1. The summed E-state index contributed by atoms with van der Waals surface area (Å²) in [6, 6.07) is 1.58. The van der Waals surface area contributed by atoms with Gasteiger partial charge in [0.15, 0.2) is 0 Å². The van der Waals surface area contributed by atoms with Crippen LogP contribution in [0.25, 0.3) is 0 Å². The van der Waals surface area contributed by atoms with Crippen LogP contribution in [0.3, 0.4) is 0 Å². The maximum atomic E-state index is 13.0. The van der Waals surface area contributed by atoms with Crippen molar-refractivity contribution in [3.8, 4) is 0 Å². The normalized spacial score (nSPS) is 13.0. The van der Waals surface area contributed by atoms with Gasteiger partial charge in [-0.1, -0.05) is 0 Å². The van der Waals surface area contributed by atoms with Crippen LogP contribution < -0.4 is 5.32 Å². The third-order valence-corrected chi connectivity index (χ3v) is 2.21. The number of nitrogens with one attached hydrogen (secondary N) is 1. The standard InChI is InChI=1S/C11H11F4NO2/c1-6(10(17)18-2)16-7-3-4-9(12)8(5-7)11(13,14)15/h3-6,16H,1-2H3. The zero-order valence-electron chi connectivity index (χ0n) is 9.64. The van der Waals surface area contributed by atoms with Crippen molar-refractivity contribution in [2.75, 3.05) is 12.4 Å². The summed E-state index contributed by atoms with van der Waals surface area (Å²) < 4.78 is 54.7. The summed E-state index contributed by atoms with van der Waals surface area (Å²) in [5.74, 6) is -1.99. The molecule has 0 saturated carbocycles. The molecule has 0 fully saturated rings. The lowest BCUT2D eigenvalue weighted by Gasteiger charge is -2.15. The highest BCUT2D eigenvalue weighted by Crippen LogP contribution is 2.33. The van der Waals surface area contributed by atoms with Gasteiger partial charge in [0.25, 0.3) is 0 Å². The van der Waals surface area contributed by atoms with Crippen LogP contribution in [0, 0.1) is 5.82 Å². The lowest BCUT2D eigenvalue weighted by molar-refractivity contribution is -0.141. The van der Waals surface area contributed by atoms with Gasteiger partial charge in [-0.3, -0.25) is 0 Å². The minimum absolute atomic E-state index is 0.0124. The van der Waals surface area contributed by atoms with E-state index in [0.29, 0.717) is 12.1 Å². The Kier molecular flexibility index (Phi) is 4.15. The van der Waals surface area contributed by atoms with Crippen molar-refractivity contribution < 1.29 is 27.1 Å². The van der Waals surface area contributed by atoms with Gasteiger partial charge in [0.1, 0.15) is 11.9 Å². The van der Waals surface area contributed by atoms with E-state index in [1.807, 2.05) is 0 Å². The fourth-order valence-corrected chi connectivity index (χ4v) is 1.32.